The molecule has 0 radical (unpaired) electrons. The third-order valence-corrected chi connectivity index (χ3v) is 4.55. The van der Waals surface area contributed by atoms with Crippen LogP contribution in [0.4, 0.5) is 8.78 Å². The Morgan fingerprint density at radius 2 is 1.90 bits per heavy atom. The lowest BCUT2D eigenvalue weighted by Crippen LogP contribution is -2.14. The van der Waals surface area contributed by atoms with E-state index in [1.165, 1.54) is 30.4 Å². The molecule has 0 nitrogen and oxygen atoms in total. The molecule has 106 valence electrons. The lowest BCUT2D eigenvalue weighted by Gasteiger charge is -2.25. The van der Waals surface area contributed by atoms with Gasteiger partial charge in [-0.25, -0.2) is 8.78 Å². The normalized spacial score (nSPS) is 18.3. The van der Waals surface area contributed by atoms with Crippen molar-refractivity contribution in [1.82, 2.24) is 0 Å². The maximum absolute atomic E-state index is 14.1. The van der Waals surface area contributed by atoms with Crippen LogP contribution in [0.3, 0.4) is 0 Å². The second-order valence-corrected chi connectivity index (χ2v) is 6.06. The van der Waals surface area contributed by atoms with Crippen LogP contribution in [0.2, 0.25) is 0 Å². The van der Waals surface area contributed by atoms with Crippen LogP contribution >= 0.6 is 0 Å². The van der Waals surface area contributed by atoms with Crippen LogP contribution < -0.4 is 0 Å². The number of aryl methyl sites for hydroxylation is 2. The number of hydrogen-bond donors (Lipinski definition) is 0. The van der Waals surface area contributed by atoms with Crippen molar-refractivity contribution in [2.45, 2.75) is 46.0 Å². The van der Waals surface area contributed by atoms with Gasteiger partial charge in [-0.15, -0.1) is 0 Å². The fourth-order valence-corrected chi connectivity index (χ4v) is 3.46. The van der Waals surface area contributed by atoms with Gasteiger partial charge in [0.05, 0.1) is 0 Å². The van der Waals surface area contributed by atoms with Crippen molar-refractivity contribution in [2.75, 3.05) is 0 Å². The van der Waals surface area contributed by atoms with E-state index in [-0.39, 0.29) is 0 Å². The lowest BCUT2D eigenvalue weighted by molar-refractivity contribution is 0.423. The Morgan fingerprint density at radius 1 is 1.10 bits per heavy atom. The van der Waals surface area contributed by atoms with Crippen LogP contribution in [0.15, 0.2) is 18.2 Å². The van der Waals surface area contributed by atoms with Gasteiger partial charge in [0.1, 0.15) is 0 Å². The molecule has 20 heavy (non-hydrogen) atoms. The summed E-state index contributed by atoms with van der Waals surface area (Å²) in [6.45, 7) is 3.82. The van der Waals surface area contributed by atoms with Gasteiger partial charge in [0.25, 0.3) is 0 Å². The standard InChI is InChI=1S/C18H20F2/c1-3-4-12-5-6-13-9-15-7-11(2)17(19)18(20)16(15)10-14(13)8-12/h7,9-10,12H,3-6,8H2,1-2H3. The van der Waals surface area contributed by atoms with E-state index in [1.54, 1.807) is 13.0 Å². The van der Waals surface area contributed by atoms with E-state index in [0.29, 0.717) is 16.9 Å². The second-order valence-electron chi connectivity index (χ2n) is 6.06. The smallest absolute Gasteiger partial charge is 0.166 e. The Labute approximate surface area is 118 Å². The Balaban J connectivity index is 2.10. The maximum Gasteiger partial charge on any atom is 0.166 e. The van der Waals surface area contributed by atoms with E-state index in [2.05, 4.69) is 13.0 Å². The first kappa shape index (κ1) is 13.5. The predicted octanol–water partition coefficient (Wildman–Crippen LogP) is 5.33. The monoisotopic (exact) mass is 274 g/mol. The van der Waals surface area contributed by atoms with Crippen LogP contribution in [-0.4, -0.2) is 0 Å². The van der Waals surface area contributed by atoms with Crippen LogP contribution in [0.5, 0.6) is 0 Å². The van der Waals surface area contributed by atoms with E-state index < -0.39 is 11.6 Å². The maximum atomic E-state index is 14.1. The molecular formula is C18H20F2. The van der Waals surface area contributed by atoms with Crippen LogP contribution in [0, 0.1) is 24.5 Å². The lowest BCUT2D eigenvalue weighted by atomic mass is 9.80. The Morgan fingerprint density at radius 3 is 2.65 bits per heavy atom. The topological polar surface area (TPSA) is 0 Å². The SMILES string of the molecule is CCCC1CCc2cc3cc(C)c(F)c(F)c3cc2C1. The van der Waals surface area contributed by atoms with Gasteiger partial charge in [-0.2, -0.15) is 0 Å². The minimum absolute atomic E-state index is 0.384. The number of halogens is 2. The number of fused-ring (bicyclic) bond motifs is 2. The molecule has 3 rings (SSSR count). The third kappa shape index (κ3) is 2.21. The van der Waals surface area contributed by atoms with Gasteiger partial charge in [-0.1, -0.05) is 25.8 Å². The highest BCUT2D eigenvalue weighted by Gasteiger charge is 2.20. The first-order valence-electron chi connectivity index (χ1n) is 7.50. The highest BCUT2D eigenvalue weighted by molar-refractivity contribution is 5.85. The van der Waals surface area contributed by atoms with Gasteiger partial charge < -0.3 is 0 Å². The van der Waals surface area contributed by atoms with Crippen molar-refractivity contribution in [1.29, 1.82) is 0 Å². The van der Waals surface area contributed by atoms with Gasteiger partial charge in [-0.05, 0) is 66.3 Å². The largest absolute Gasteiger partial charge is 0.203 e. The van der Waals surface area contributed by atoms with Gasteiger partial charge in [0.15, 0.2) is 11.6 Å². The highest BCUT2D eigenvalue weighted by atomic mass is 19.2. The minimum atomic E-state index is -0.710. The minimum Gasteiger partial charge on any atom is -0.203 e. The Kier molecular flexibility index (Phi) is 3.49. The van der Waals surface area contributed by atoms with Crippen molar-refractivity contribution < 1.29 is 8.78 Å². The predicted molar refractivity (Wildman–Crippen MR) is 79.0 cm³/mol. The zero-order chi connectivity index (χ0) is 14.3. The van der Waals surface area contributed by atoms with E-state index in [1.807, 2.05) is 6.07 Å². The van der Waals surface area contributed by atoms with Gasteiger partial charge in [0.2, 0.25) is 0 Å². The fourth-order valence-electron chi connectivity index (χ4n) is 3.46. The molecule has 1 unspecified atom stereocenters. The van der Waals surface area contributed by atoms with Crippen molar-refractivity contribution >= 4 is 10.8 Å². The Hall–Kier alpha value is -1.44. The molecule has 2 aromatic carbocycles. The van der Waals surface area contributed by atoms with E-state index in [9.17, 15) is 8.78 Å². The average molecular weight is 274 g/mol. The summed E-state index contributed by atoms with van der Waals surface area (Å²) in [5, 5.41) is 1.26. The summed E-state index contributed by atoms with van der Waals surface area (Å²) in [6, 6.07) is 5.69. The molecule has 1 aliphatic carbocycles. The molecule has 1 aliphatic rings. The van der Waals surface area contributed by atoms with Crippen molar-refractivity contribution in [3.05, 3.63) is 46.5 Å². The van der Waals surface area contributed by atoms with Crippen LogP contribution in [0.25, 0.3) is 10.8 Å². The first-order chi connectivity index (χ1) is 9.60. The molecule has 0 aromatic heterocycles. The van der Waals surface area contributed by atoms with Crippen molar-refractivity contribution in [3.63, 3.8) is 0 Å². The summed E-state index contributed by atoms with van der Waals surface area (Å²) in [5.74, 6) is -0.706. The highest BCUT2D eigenvalue weighted by Crippen LogP contribution is 2.33. The van der Waals surface area contributed by atoms with Crippen LogP contribution in [-0.2, 0) is 12.8 Å². The molecule has 2 aromatic rings. The zero-order valence-electron chi connectivity index (χ0n) is 12.1. The van der Waals surface area contributed by atoms with Gasteiger partial charge in [-0.3, -0.25) is 0 Å². The molecule has 0 saturated heterocycles. The molecular weight excluding hydrogens is 254 g/mol. The molecule has 0 aliphatic heterocycles. The summed E-state index contributed by atoms with van der Waals surface area (Å²) in [5.41, 5.74) is 2.91. The fraction of sp³-hybridized carbons (Fsp3) is 0.444. The molecule has 0 fully saturated rings. The van der Waals surface area contributed by atoms with E-state index >= 15 is 0 Å². The van der Waals surface area contributed by atoms with Gasteiger partial charge >= 0.3 is 0 Å². The molecule has 0 bridgehead atoms. The molecule has 0 heterocycles. The quantitative estimate of drug-likeness (QED) is 0.694. The number of benzene rings is 2. The van der Waals surface area contributed by atoms with E-state index in [0.717, 1.165) is 18.2 Å². The molecule has 0 spiro atoms. The first-order valence-corrected chi connectivity index (χ1v) is 7.50. The van der Waals surface area contributed by atoms with Crippen LogP contribution in [0.1, 0.15) is 42.9 Å². The van der Waals surface area contributed by atoms with E-state index in [4.69, 9.17) is 0 Å². The summed E-state index contributed by atoms with van der Waals surface area (Å²) in [7, 11) is 0. The summed E-state index contributed by atoms with van der Waals surface area (Å²) in [4.78, 5) is 0. The number of hydrogen-bond acceptors (Lipinski definition) is 0. The van der Waals surface area contributed by atoms with Gasteiger partial charge in [0, 0.05) is 5.39 Å². The third-order valence-electron chi connectivity index (χ3n) is 4.55. The molecule has 1 atom stereocenters. The van der Waals surface area contributed by atoms with Crippen molar-refractivity contribution in [3.8, 4) is 0 Å². The summed E-state index contributed by atoms with van der Waals surface area (Å²) in [6.07, 6.45) is 5.70. The molecule has 2 heteroatoms. The molecule has 0 N–H and O–H groups in total. The average Bonchev–Trinajstić information content (AvgIpc) is 2.44. The molecule has 0 saturated carbocycles. The molecule has 0 amide bonds. The Bertz CT molecular complexity index is 658. The zero-order valence-corrected chi connectivity index (χ0v) is 12.1. The summed E-state index contributed by atoms with van der Waals surface area (Å²) >= 11 is 0. The summed E-state index contributed by atoms with van der Waals surface area (Å²) < 4.78 is 27.8. The second kappa shape index (κ2) is 5.16. The number of rotatable bonds is 2. The van der Waals surface area contributed by atoms with Crippen molar-refractivity contribution in [2.24, 2.45) is 5.92 Å².